The number of halogens is 4. The van der Waals surface area contributed by atoms with Crippen LogP contribution in [-0.4, -0.2) is 13.2 Å². The van der Waals surface area contributed by atoms with Crippen molar-refractivity contribution in [3.05, 3.63) is 57.6 Å². The highest BCUT2D eigenvalue weighted by atomic mass is 79.9. The Morgan fingerprint density at radius 1 is 1.00 bits per heavy atom. The van der Waals surface area contributed by atoms with Crippen molar-refractivity contribution in [2.45, 2.75) is 4.83 Å². The molecule has 6 heteroatoms. The van der Waals surface area contributed by atoms with E-state index in [4.69, 9.17) is 9.47 Å². The van der Waals surface area contributed by atoms with Crippen molar-refractivity contribution in [3.63, 3.8) is 0 Å². The summed E-state index contributed by atoms with van der Waals surface area (Å²) in [6.07, 6.45) is 0. The first-order chi connectivity index (χ1) is 10.1. The highest BCUT2D eigenvalue weighted by molar-refractivity contribution is 9.11. The van der Waals surface area contributed by atoms with E-state index in [-0.39, 0.29) is 5.56 Å². The Morgan fingerprint density at radius 3 is 2.19 bits per heavy atom. The lowest BCUT2D eigenvalue weighted by Crippen LogP contribution is -2.15. The third kappa shape index (κ3) is 2.79. The molecule has 2 nitrogen and oxygen atoms in total. The molecule has 3 rings (SSSR count). The first-order valence-corrected chi connectivity index (χ1v) is 7.96. The molecule has 0 fully saturated rings. The molecule has 1 unspecified atom stereocenters. The summed E-state index contributed by atoms with van der Waals surface area (Å²) in [4.78, 5) is -0.635. The molecule has 0 radical (unpaired) electrons. The number of benzene rings is 2. The fourth-order valence-corrected chi connectivity index (χ4v) is 3.86. The van der Waals surface area contributed by atoms with Gasteiger partial charge in [0.2, 0.25) is 0 Å². The van der Waals surface area contributed by atoms with Crippen molar-refractivity contribution in [1.29, 1.82) is 0 Å². The first kappa shape index (κ1) is 14.8. The highest BCUT2D eigenvalue weighted by Crippen LogP contribution is 2.43. The number of rotatable bonds is 2. The largest absolute Gasteiger partial charge is 0.486 e. The zero-order valence-electron chi connectivity index (χ0n) is 10.7. The second kappa shape index (κ2) is 5.93. The molecule has 0 spiro atoms. The standard InChI is InChI=1S/C15H10Br2F2O2/c16-9-7-13-12(20-4-5-21-13)6-8(9)15(17)14-10(18)2-1-3-11(14)19/h1-3,6-7,15H,4-5H2. The van der Waals surface area contributed by atoms with E-state index in [1.807, 2.05) is 0 Å². The van der Waals surface area contributed by atoms with E-state index in [0.717, 1.165) is 0 Å². The van der Waals surface area contributed by atoms with Crippen molar-refractivity contribution in [3.8, 4) is 11.5 Å². The zero-order chi connectivity index (χ0) is 15.0. The van der Waals surface area contributed by atoms with Gasteiger partial charge in [-0.3, -0.25) is 0 Å². The molecule has 1 atom stereocenters. The predicted octanol–water partition coefficient (Wildman–Crippen LogP) is 4.98. The fourth-order valence-electron chi connectivity index (χ4n) is 2.18. The van der Waals surface area contributed by atoms with Crippen LogP contribution in [0.25, 0.3) is 0 Å². The number of hydrogen-bond acceptors (Lipinski definition) is 2. The maximum Gasteiger partial charge on any atom is 0.162 e. The Bertz CT molecular complexity index is 671. The van der Waals surface area contributed by atoms with Crippen LogP contribution in [-0.2, 0) is 0 Å². The van der Waals surface area contributed by atoms with Crippen LogP contribution in [0.1, 0.15) is 16.0 Å². The molecule has 1 aliphatic heterocycles. The number of alkyl halides is 1. The Morgan fingerprint density at radius 2 is 1.57 bits per heavy atom. The van der Waals surface area contributed by atoms with Crippen molar-refractivity contribution in [1.82, 2.24) is 0 Å². The molecule has 0 amide bonds. The lowest BCUT2D eigenvalue weighted by atomic mass is 10.0. The van der Waals surface area contributed by atoms with Gasteiger partial charge in [-0.25, -0.2) is 8.78 Å². The van der Waals surface area contributed by atoms with Gasteiger partial charge in [-0.15, -0.1) is 0 Å². The minimum atomic E-state index is -0.635. The first-order valence-electron chi connectivity index (χ1n) is 6.25. The molecule has 0 aromatic heterocycles. The number of fused-ring (bicyclic) bond motifs is 1. The van der Waals surface area contributed by atoms with Gasteiger partial charge >= 0.3 is 0 Å². The van der Waals surface area contributed by atoms with Gasteiger partial charge in [0.05, 0.1) is 4.83 Å². The van der Waals surface area contributed by atoms with Crippen molar-refractivity contribution < 1.29 is 18.3 Å². The minimum Gasteiger partial charge on any atom is -0.486 e. The molecule has 0 aliphatic carbocycles. The normalized spacial score (nSPS) is 14.9. The van der Waals surface area contributed by atoms with Gasteiger partial charge in [0.1, 0.15) is 24.8 Å². The van der Waals surface area contributed by atoms with E-state index in [0.29, 0.717) is 34.7 Å². The van der Waals surface area contributed by atoms with Crippen LogP contribution in [0, 0.1) is 11.6 Å². The Labute approximate surface area is 137 Å². The molecular weight excluding hydrogens is 410 g/mol. The van der Waals surface area contributed by atoms with Crippen LogP contribution in [0.4, 0.5) is 8.78 Å². The van der Waals surface area contributed by atoms with Gasteiger partial charge in [-0.1, -0.05) is 37.9 Å². The van der Waals surface area contributed by atoms with E-state index in [9.17, 15) is 8.78 Å². The van der Waals surface area contributed by atoms with Gasteiger partial charge in [-0.05, 0) is 29.8 Å². The van der Waals surface area contributed by atoms with Gasteiger partial charge in [0.25, 0.3) is 0 Å². The average Bonchev–Trinajstić information content (AvgIpc) is 2.46. The second-order valence-corrected chi connectivity index (χ2v) is 6.29. The Hall–Kier alpha value is -1.14. The summed E-state index contributed by atoms with van der Waals surface area (Å²) in [5, 5.41) is 0. The molecule has 2 aromatic carbocycles. The van der Waals surface area contributed by atoms with Crippen LogP contribution in [0.15, 0.2) is 34.8 Å². The molecular formula is C15H10Br2F2O2. The molecule has 0 N–H and O–H groups in total. The molecule has 1 aliphatic rings. The summed E-state index contributed by atoms with van der Waals surface area (Å²) < 4.78 is 39.5. The van der Waals surface area contributed by atoms with Gasteiger partial charge in [0.15, 0.2) is 11.5 Å². The highest BCUT2D eigenvalue weighted by Gasteiger charge is 2.24. The molecule has 2 aromatic rings. The lowest BCUT2D eigenvalue weighted by Gasteiger charge is -2.22. The van der Waals surface area contributed by atoms with Crippen molar-refractivity contribution >= 4 is 31.9 Å². The molecule has 0 saturated heterocycles. The fraction of sp³-hybridized carbons (Fsp3) is 0.200. The van der Waals surface area contributed by atoms with Gasteiger partial charge < -0.3 is 9.47 Å². The maximum atomic E-state index is 13.9. The summed E-state index contributed by atoms with van der Waals surface area (Å²) in [7, 11) is 0. The van der Waals surface area contributed by atoms with Crippen molar-refractivity contribution in [2.75, 3.05) is 13.2 Å². The molecule has 0 bridgehead atoms. The maximum absolute atomic E-state index is 13.9. The van der Waals surface area contributed by atoms with Gasteiger partial charge in [-0.2, -0.15) is 0 Å². The quantitative estimate of drug-likeness (QED) is 0.639. The monoisotopic (exact) mass is 418 g/mol. The minimum absolute atomic E-state index is 0.0325. The summed E-state index contributed by atoms with van der Waals surface area (Å²) in [6, 6.07) is 7.28. The van der Waals surface area contributed by atoms with Gasteiger partial charge in [0, 0.05) is 10.0 Å². The van der Waals surface area contributed by atoms with Crippen LogP contribution < -0.4 is 9.47 Å². The number of ether oxygens (including phenoxy) is 2. The van der Waals surface area contributed by atoms with E-state index >= 15 is 0 Å². The summed E-state index contributed by atoms with van der Waals surface area (Å²) in [5.41, 5.74) is 0.637. The lowest BCUT2D eigenvalue weighted by molar-refractivity contribution is 0.171. The van der Waals surface area contributed by atoms with Crippen LogP contribution >= 0.6 is 31.9 Å². The summed E-state index contributed by atoms with van der Waals surface area (Å²) in [6.45, 7) is 0.938. The third-order valence-electron chi connectivity index (χ3n) is 3.19. The summed E-state index contributed by atoms with van der Waals surface area (Å²) >= 11 is 6.78. The molecule has 1 heterocycles. The van der Waals surface area contributed by atoms with E-state index < -0.39 is 16.5 Å². The molecule has 110 valence electrons. The van der Waals surface area contributed by atoms with E-state index in [1.165, 1.54) is 18.2 Å². The zero-order valence-corrected chi connectivity index (χ0v) is 13.9. The van der Waals surface area contributed by atoms with Crippen molar-refractivity contribution in [2.24, 2.45) is 0 Å². The Balaban J connectivity index is 2.07. The van der Waals surface area contributed by atoms with E-state index in [2.05, 4.69) is 31.9 Å². The average molecular weight is 420 g/mol. The SMILES string of the molecule is Fc1cccc(F)c1C(Br)c1cc2c(cc1Br)OCCO2. The smallest absolute Gasteiger partial charge is 0.162 e. The number of hydrogen-bond donors (Lipinski definition) is 0. The Kier molecular flexibility index (Phi) is 4.17. The van der Waals surface area contributed by atoms with Crippen LogP contribution in [0.5, 0.6) is 11.5 Å². The van der Waals surface area contributed by atoms with Crippen LogP contribution in [0.2, 0.25) is 0 Å². The second-order valence-electron chi connectivity index (χ2n) is 4.52. The summed E-state index contributed by atoms with van der Waals surface area (Å²) in [5.74, 6) is -0.0106. The third-order valence-corrected chi connectivity index (χ3v) is 4.83. The van der Waals surface area contributed by atoms with E-state index in [1.54, 1.807) is 12.1 Å². The predicted molar refractivity (Wildman–Crippen MR) is 82.3 cm³/mol. The topological polar surface area (TPSA) is 18.5 Å². The van der Waals surface area contributed by atoms with Crippen LogP contribution in [0.3, 0.4) is 0 Å². The molecule has 21 heavy (non-hydrogen) atoms. The molecule has 0 saturated carbocycles.